The van der Waals surface area contributed by atoms with Crippen LogP contribution in [-0.4, -0.2) is 23.2 Å². The highest BCUT2D eigenvalue weighted by atomic mass is 16.5. The molecule has 5 heteroatoms. The molecule has 0 radical (unpaired) electrons. The molecule has 0 saturated carbocycles. The minimum Gasteiger partial charge on any atom is -0.476 e. The standard InChI is InChI=1S/C8H11NO4/c1-4-6(8(10)11)9-7(13-4)5(2)12-3/h5H,1-3H3,(H,10,11). The summed E-state index contributed by atoms with van der Waals surface area (Å²) in [4.78, 5) is 14.4. The molecular formula is C8H11NO4. The Morgan fingerprint density at radius 3 is 2.69 bits per heavy atom. The van der Waals surface area contributed by atoms with Crippen molar-refractivity contribution in [1.82, 2.24) is 4.98 Å². The van der Waals surface area contributed by atoms with Crippen molar-refractivity contribution in [3.8, 4) is 0 Å². The molecule has 1 atom stereocenters. The maximum atomic E-state index is 10.6. The van der Waals surface area contributed by atoms with Gasteiger partial charge in [0.05, 0.1) is 0 Å². The van der Waals surface area contributed by atoms with Crippen molar-refractivity contribution >= 4 is 5.97 Å². The third-order valence-corrected chi connectivity index (χ3v) is 1.72. The van der Waals surface area contributed by atoms with E-state index in [9.17, 15) is 4.79 Å². The van der Waals surface area contributed by atoms with E-state index in [4.69, 9.17) is 14.3 Å². The van der Waals surface area contributed by atoms with Crippen molar-refractivity contribution < 1.29 is 19.1 Å². The second-order valence-electron chi connectivity index (χ2n) is 2.64. The fourth-order valence-corrected chi connectivity index (χ4v) is 0.890. The molecule has 1 aromatic heterocycles. The average molecular weight is 185 g/mol. The van der Waals surface area contributed by atoms with E-state index in [0.717, 1.165) is 0 Å². The number of aromatic carboxylic acids is 1. The largest absolute Gasteiger partial charge is 0.476 e. The van der Waals surface area contributed by atoms with Gasteiger partial charge in [-0.25, -0.2) is 9.78 Å². The minimum absolute atomic E-state index is 0.0566. The van der Waals surface area contributed by atoms with Crippen LogP contribution in [-0.2, 0) is 4.74 Å². The summed E-state index contributed by atoms with van der Waals surface area (Å²) in [6.45, 7) is 3.29. The molecule has 5 nitrogen and oxygen atoms in total. The Balaban J connectivity index is 3.01. The zero-order valence-electron chi connectivity index (χ0n) is 7.70. The van der Waals surface area contributed by atoms with Crippen LogP contribution in [0.2, 0.25) is 0 Å². The molecule has 0 saturated heterocycles. The quantitative estimate of drug-likeness (QED) is 0.770. The van der Waals surface area contributed by atoms with E-state index in [2.05, 4.69) is 4.98 Å². The molecule has 1 heterocycles. The molecule has 0 aliphatic carbocycles. The first kappa shape index (κ1) is 9.73. The van der Waals surface area contributed by atoms with Crippen LogP contribution >= 0.6 is 0 Å². The second kappa shape index (κ2) is 3.57. The van der Waals surface area contributed by atoms with E-state index in [1.54, 1.807) is 13.8 Å². The second-order valence-corrected chi connectivity index (χ2v) is 2.64. The third kappa shape index (κ3) is 1.86. The number of oxazole rings is 1. The number of nitrogens with zero attached hydrogens (tertiary/aromatic N) is 1. The molecule has 1 unspecified atom stereocenters. The van der Waals surface area contributed by atoms with Gasteiger partial charge in [-0.2, -0.15) is 0 Å². The van der Waals surface area contributed by atoms with Crippen LogP contribution in [0.1, 0.15) is 35.2 Å². The van der Waals surface area contributed by atoms with E-state index in [1.807, 2.05) is 0 Å². The van der Waals surface area contributed by atoms with Crippen LogP contribution in [0.4, 0.5) is 0 Å². The normalized spacial score (nSPS) is 12.8. The lowest BCUT2D eigenvalue weighted by Crippen LogP contribution is -2.00. The number of carboxylic acids is 1. The van der Waals surface area contributed by atoms with Crippen LogP contribution < -0.4 is 0 Å². The highest BCUT2D eigenvalue weighted by Gasteiger charge is 2.19. The number of carboxylic acid groups (broad SMARTS) is 1. The molecule has 0 aliphatic rings. The lowest BCUT2D eigenvalue weighted by molar-refractivity contribution is 0.0689. The van der Waals surface area contributed by atoms with Gasteiger partial charge >= 0.3 is 5.97 Å². The van der Waals surface area contributed by atoms with Gasteiger partial charge in [0, 0.05) is 7.11 Å². The number of hydrogen-bond acceptors (Lipinski definition) is 4. The van der Waals surface area contributed by atoms with Crippen molar-refractivity contribution in [1.29, 1.82) is 0 Å². The SMILES string of the molecule is COC(C)c1nc(C(=O)O)c(C)o1. The topological polar surface area (TPSA) is 72.6 Å². The maximum Gasteiger partial charge on any atom is 0.358 e. The lowest BCUT2D eigenvalue weighted by Gasteiger charge is -2.01. The Morgan fingerprint density at radius 2 is 2.31 bits per heavy atom. The Bertz CT molecular complexity index is 318. The molecule has 0 bridgehead atoms. The highest BCUT2D eigenvalue weighted by molar-refractivity contribution is 5.86. The van der Waals surface area contributed by atoms with Crippen molar-refractivity contribution in [2.24, 2.45) is 0 Å². The van der Waals surface area contributed by atoms with Gasteiger partial charge in [0.1, 0.15) is 11.9 Å². The molecule has 1 N–H and O–H groups in total. The van der Waals surface area contributed by atoms with Crippen molar-refractivity contribution in [2.75, 3.05) is 7.11 Å². The van der Waals surface area contributed by atoms with Crippen LogP contribution in [0, 0.1) is 6.92 Å². The van der Waals surface area contributed by atoms with Gasteiger partial charge in [0.2, 0.25) is 5.89 Å². The average Bonchev–Trinajstić information content (AvgIpc) is 2.46. The highest BCUT2D eigenvalue weighted by Crippen LogP contribution is 2.18. The third-order valence-electron chi connectivity index (χ3n) is 1.72. The summed E-state index contributed by atoms with van der Waals surface area (Å²) < 4.78 is 10.0. The number of carbonyl (C=O) groups is 1. The Labute approximate surface area is 75.3 Å². The zero-order valence-corrected chi connectivity index (χ0v) is 7.70. The van der Waals surface area contributed by atoms with Crippen LogP contribution in [0.25, 0.3) is 0 Å². The van der Waals surface area contributed by atoms with E-state index in [-0.39, 0.29) is 17.7 Å². The van der Waals surface area contributed by atoms with Crippen LogP contribution in [0.5, 0.6) is 0 Å². The Morgan fingerprint density at radius 1 is 1.69 bits per heavy atom. The fourth-order valence-electron chi connectivity index (χ4n) is 0.890. The summed E-state index contributed by atoms with van der Waals surface area (Å²) in [5.41, 5.74) is -0.0566. The molecule has 0 amide bonds. The molecule has 13 heavy (non-hydrogen) atoms. The van der Waals surface area contributed by atoms with Gasteiger partial charge in [-0.15, -0.1) is 0 Å². The summed E-state index contributed by atoms with van der Waals surface area (Å²) in [5.74, 6) is -0.500. The van der Waals surface area contributed by atoms with Gasteiger partial charge in [-0.3, -0.25) is 0 Å². The number of aromatic nitrogens is 1. The first-order valence-corrected chi connectivity index (χ1v) is 3.79. The van der Waals surface area contributed by atoms with Crippen LogP contribution in [0.15, 0.2) is 4.42 Å². The lowest BCUT2D eigenvalue weighted by atomic mass is 10.4. The predicted octanol–water partition coefficient (Wildman–Crippen LogP) is 1.39. The van der Waals surface area contributed by atoms with Crippen molar-refractivity contribution in [3.63, 3.8) is 0 Å². The van der Waals surface area contributed by atoms with E-state index in [0.29, 0.717) is 5.76 Å². The van der Waals surface area contributed by atoms with Gasteiger partial charge in [0.25, 0.3) is 0 Å². The summed E-state index contributed by atoms with van der Waals surface area (Å²) >= 11 is 0. The van der Waals surface area contributed by atoms with Gasteiger partial charge in [0.15, 0.2) is 5.69 Å². The summed E-state index contributed by atoms with van der Waals surface area (Å²) in [6.07, 6.45) is -0.327. The van der Waals surface area contributed by atoms with Crippen molar-refractivity contribution in [2.45, 2.75) is 20.0 Å². The molecule has 1 rings (SSSR count). The van der Waals surface area contributed by atoms with E-state index < -0.39 is 5.97 Å². The summed E-state index contributed by atoms with van der Waals surface area (Å²) in [6, 6.07) is 0. The number of rotatable bonds is 3. The van der Waals surface area contributed by atoms with E-state index >= 15 is 0 Å². The van der Waals surface area contributed by atoms with E-state index in [1.165, 1.54) is 7.11 Å². The summed E-state index contributed by atoms with van der Waals surface area (Å²) in [7, 11) is 1.50. The smallest absolute Gasteiger partial charge is 0.358 e. The number of aryl methyl sites for hydroxylation is 1. The molecular weight excluding hydrogens is 174 g/mol. The predicted molar refractivity (Wildman–Crippen MR) is 43.6 cm³/mol. The Hall–Kier alpha value is -1.36. The number of methoxy groups -OCH3 is 1. The van der Waals surface area contributed by atoms with Gasteiger partial charge in [-0.05, 0) is 13.8 Å². The first-order chi connectivity index (χ1) is 6.06. The molecule has 0 spiro atoms. The monoisotopic (exact) mass is 185 g/mol. The minimum atomic E-state index is -1.09. The maximum absolute atomic E-state index is 10.6. The number of ether oxygens (including phenoxy) is 1. The summed E-state index contributed by atoms with van der Waals surface area (Å²) in [5, 5.41) is 8.67. The van der Waals surface area contributed by atoms with Crippen LogP contribution in [0.3, 0.4) is 0 Å². The molecule has 0 aliphatic heterocycles. The van der Waals surface area contributed by atoms with Gasteiger partial charge < -0.3 is 14.3 Å². The molecule has 0 aromatic carbocycles. The fraction of sp³-hybridized carbons (Fsp3) is 0.500. The molecule has 0 fully saturated rings. The first-order valence-electron chi connectivity index (χ1n) is 3.79. The van der Waals surface area contributed by atoms with Gasteiger partial charge in [-0.1, -0.05) is 0 Å². The van der Waals surface area contributed by atoms with Crippen molar-refractivity contribution in [3.05, 3.63) is 17.3 Å². The molecule has 1 aromatic rings. The number of hydrogen-bond donors (Lipinski definition) is 1. The zero-order chi connectivity index (χ0) is 10.0. The Kier molecular flexibility index (Phi) is 2.67. The molecule has 72 valence electrons.